The van der Waals surface area contributed by atoms with E-state index in [2.05, 4.69) is 6.92 Å². The summed E-state index contributed by atoms with van der Waals surface area (Å²) in [7, 11) is 0. The first kappa shape index (κ1) is 22.6. The van der Waals surface area contributed by atoms with E-state index in [1.165, 1.54) is 0 Å². The van der Waals surface area contributed by atoms with Gasteiger partial charge in [-0.15, -0.1) is 0 Å². The van der Waals surface area contributed by atoms with Gasteiger partial charge in [0, 0.05) is 5.57 Å². The van der Waals surface area contributed by atoms with Gasteiger partial charge in [-0.3, -0.25) is 4.79 Å². The minimum atomic E-state index is -1.51. The Morgan fingerprint density at radius 2 is 1.93 bits per heavy atom. The van der Waals surface area contributed by atoms with Gasteiger partial charge in [-0.25, -0.2) is 0 Å². The summed E-state index contributed by atoms with van der Waals surface area (Å²) in [6, 6.07) is 0. The van der Waals surface area contributed by atoms with Crippen LogP contribution in [0, 0.1) is 11.3 Å². The normalized spacial score (nSPS) is 44.9. The maximum Gasteiger partial charge on any atom is 0.187 e. The van der Waals surface area contributed by atoms with E-state index in [-0.39, 0.29) is 23.7 Å². The molecular formula is C21H32O8. The standard InChI is InChI=1S/C21H32O8/c1-10(9-28-20-19(27)18(26)17(25)16(8-22)29-20)13-7-21(3)11(2)14(23)5-4-12(21)6-15(13)24/h6,11,14,16-20,22-23,25-27H,4-5,7-9H2,1-3H3/b13-10-/t11-,14+,16+,17+,18-,19+,20+,21+/m0/s1. The number of fused-ring (bicyclic) bond motifs is 1. The van der Waals surface area contributed by atoms with Crippen LogP contribution in [0.2, 0.25) is 0 Å². The first-order valence-corrected chi connectivity index (χ1v) is 10.1. The molecule has 2 aliphatic carbocycles. The van der Waals surface area contributed by atoms with Crippen molar-refractivity contribution in [2.75, 3.05) is 13.2 Å². The quantitative estimate of drug-likeness (QED) is 0.401. The lowest BCUT2D eigenvalue weighted by Gasteiger charge is -2.47. The highest BCUT2D eigenvalue weighted by molar-refractivity contribution is 6.06. The lowest BCUT2D eigenvalue weighted by atomic mass is 9.58. The Morgan fingerprint density at radius 1 is 1.24 bits per heavy atom. The summed E-state index contributed by atoms with van der Waals surface area (Å²) < 4.78 is 10.9. The molecule has 8 heteroatoms. The van der Waals surface area contributed by atoms with Crippen molar-refractivity contribution >= 4 is 5.78 Å². The van der Waals surface area contributed by atoms with Crippen molar-refractivity contribution in [1.82, 2.24) is 0 Å². The summed E-state index contributed by atoms with van der Waals surface area (Å²) in [5.41, 5.74) is 2.06. The topological polar surface area (TPSA) is 137 Å². The van der Waals surface area contributed by atoms with Crippen LogP contribution in [-0.4, -0.2) is 81.3 Å². The number of hydrogen-bond acceptors (Lipinski definition) is 8. The molecule has 0 aromatic carbocycles. The van der Waals surface area contributed by atoms with E-state index >= 15 is 0 Å². The second-order valence-electron chi connectivity index (χ2n) is 8.79. The number of aliphatic hydroxyl groups excluding tert-OH is 5. The zero-order valence-corrected chi connectivity index (χ0v) is 17.1. The molecule has 1 heterocycles. The van der Waals surface area contributed by atoms with Crippen LogP contribution in [0.25, 0.3) is 0 Å². The van der Waals surface area contributed by atoms with Gasteiger partial charge in [-0.05, 0) is 49.2 Å². The van der Waals surface area contributed by atoms with Gasteiger partial charge in [-0.1, -0.05) is 19.4 Å². The van der Waals surface area contributed by atoms with E-state index in [0.717, 1.165) is 5.57 Å². The van der Waals surface area contributed by atoms with E-state index in [1.807, 2.05) is 6.92 Å². The van der Waals surface area contributed by atoms with E-state index in [1.54, 1.807) is 13.0 Å². The first-order valence-electron chi connectivity index (χ1n) is 10.1. The molecule has 0 bridgehead atoms. The van der Waals surface area contributed by atoms with E-state index in [4.69, 9.17) is 9.47 Å². The Bertz CT molecular complexity index is 699. The van der Waals surface area contributed by atoms with E-state index in [9.17, 15) is 30.3 Å². The molecule has 0 amide bonds. The van der Waals surface area contributed by atoms with Crippen LogP contribution in [-0.2, 0) is 14.3 Å². The van der Waals surface area contributed by atoms with Crippen LogP contribution >= 0.6 is 0 Å². The number of ether oxygens (including phenoxy) is 2. The zero-order chi connectivity index (χ0) is 21.5. The largest absolute Gasteiger partial charge is 0.394 e. The third-order valence-electron chi connectivity index (χ3n) is 7.00. The van der Waals surface area contributed by atoms with Crippen LogP contribution < -0.4 is 0 Å². The molecule has 164 valence electrons. The van der Waals surface area contributed by atoms with Crippen molar-refractivity contribution in [2.24, 2.45) is 11.3 Å². The maximum absolute atomic E-state index is 12.7. The highest BCUT2D eigenvalue weighted by Crippen LogP contribution is 2.51. The van der Waals surface area contributed by atoms with Crippen LogP contribution in [0.1, 0.15) is 40.0 Å². The number of rotatable bonds is 4. The van der Waals surface area contributed by atoms with Crippen molar-refractivity contribution in [1.29, 1.82) is 0 Å². The average molecular weight is 412 g/mol. The zero-order valence-electron chi connectivity index (χ0n) is 17.1. The Kier molecular flexibility index (Phi) is 6.65. The molecular weight excluding hydrogens is 380 g/mol. The van der Waals surface area contributed by atoms with Crippen molar-refractivity contribution in [2.45, 2.75) is 76.8 Å². The predicted octanol–water partition coefficient (Wildman–Crippen LogP) is -0.184. The molecule has 0 aromatic rings. The van der Waals surface area contributed by atoms with Crippen molar-refractivity contribution in [3.05, 3.63) is 22.8 Å². The van der Waals surface area contributed by atoms with Gasteiger partial charge in [-0.2, -0.15) is 0 Å². The fourth-order valence-electron chi connectivity index (χ4n) is 4.63. The molecule has 0 radical (unpaired) electrons. The number of carbonyl (C=O) groups is 1. The number of ketones is 1. The number of hydrogen-bond donors (Lipinski definition) is 5. The maximum atomic E-state index is 12.7. The lowest BCUT2D eigenvalue weighted by Crippen LogP contribution is -2.59. The molecule has 8 nitrogen and oxygen atoms in total. The second kappa shape index (κ2) is 8.55. The van der Waals surface area contributed by atoms with Crippen LogP contribution in [0.15, 0.2) is 22.8 Å². The lowest BCUT2D eigenvalue weighted by molar-refractivity contribution is -0.299. The monoisotopic (exact) mass is 412 g/mol. The summed E-state index contributed by atoms with van der Waals surface area (Å²) in [4.78, 5) is 12.7. The Labute approximate surface area is 170 Å². The molecule has 1 saturated heterocycles. The van der Waals surface area contributed by atoms with Gasteiger partial charge in [0.2, 0.25) is 0 Å². The molecule has 0 aromatic heterocycles. The highest BCUT2D eigenvalue weighted by atomic mass is 16.7. The Hall–Kier alpha value is -1.13. The predicted molar refractivity (Wildman–Crippen MR) is 103 cm³/mol. The van der Waals surface area contributed by atoms with Crippen LogP contribution in [0.5, 0.6) is 0 Å². The fraction of sp³-hybridized carbons (Fsp3) is 0.762. The molecule has 1 saturated carbocycles. The smallest absolute Gasteiger partial charge is 0.187 e. The number of carbonyl (C=O) groups excluding carboxylic acids is 1. The van der Waals surface area contributed by atoms with Crippen molar-refractivity contribution < 1.29 is 39.8 Å². The van der Waals surface area contributed by atoms with E-state index < -0.39 is 43.4 Å². The molecule has 0 unspecified atom stereocenters. The van der Waals surface area contributed by atoms with Gasteiger partial charge in [0.05, 0.1) is 19.3 Å². The van der Waals surface area contributed by atoms with E-state index in [0.29, 0.717) is 30.4 Å². The molecule has 3 aliphatic rings. The third-order valence-corrected chi connectivity index (χ3v) is 7.00. The molecule has 2 fully saturated rings. The average Bonchev–Trinajstić information content (AvgIpc) is 2.70. The second-order valence-corrected chi connectivity index (χ2v) is 8.79. The molecule has 8 atom stereocenters. The molecule has 0 spiro atoms. The van der Waals surface area contributed by atoms with Gasteiger partial charge in [0.15, 0.2) is 12.1 Å². The summed E-state index contributed by atoms with van der Waals surface area (Å²) >= 11 is 0. The third kappa shape index (κ3) is 4.07. The summed E-state index contributed by atoms with van der Waals surface area (Å²) in [5, 5.41) is 49.4. The highest BCUT2D eigenvalue weighted by Gasteiger charge is 2.46. The fourth-order valence-corrected chi connectivity index (χ4v) is 4.63. The molecule has 29 heavy (non-hydrogen) atoms. The minimum absolute atomic E-state index is 0.0139. The van der Waals surface area contributed by atoms with Gasteiger partial charge < -0.3 is 35.0 Å². The number of allylic oxidation sites excluding steroid dienone is 3. The van der Waals surface area contributed by atoms with Gasteiger partial charge in [0.25, 0.3) is 0 Å². The van der Waals surface area contributed by atoms with Crippen LogP contribution in [0.4, 0.5) is 0 Å². The number of aliphatic hydroxyl groups is 5. The van der Waals surface area contributed by atoms with Crippen molar-refractivity contribution in [3.63, 3.8) is 0 Å². The summed E-state index contributed by atoms with van der Waals surface area (Å²) in [6.07, 6.45) is -3.58. The Morgan fingerprint density at radius 3 is 2.59 bits per heavy atom. The van der Waals surface area contributed by atoms with Crippen LogP contribution in [0.3, 0.4) is 0 Å². The first-order chi connectivity index (χ1) is 13.6. The van der Waals surface area contributed by atoms with Crippen molar-refractivity contribution in [3.8, 4) is 0 Å². The minimum Gasteiger partial charge on any atom is -0.394 e. The van der Waals surface area contributed by atoms with Gasteiger partial charge >= 0.3 is 0 Å². The molecule has 1 aliphatic heterocycles. The summed E-state index contributed by atoms with van der Waals surface area (Å²) in [5.74, 6) is -0.0549. The molecule has 5 N–H and O–H groups in total. The Balaban J connectivity index is 1.75. The summed E-state index contributed by atoms with van der Waals surface area (Å²) in [6.45, 7) is 5.30. The SMILES string of the molecule is C/C(CO[C@@H]1O[C@H](CO)[C@@H](O)[C@H](O)[C@H]1O)=C1\C[C@@]2(C)C(=CC1=O)CC[C@@H](O)[C@@H]2C. The van der Waals surface area contributed by atoms with Gasteiger partial charge in [0.1, 0.15) is 24.4 Å². The molecule has 3 rings (SSSR count).